The fraction of sp³-hybridized carbons (Fsp3) is 0.450. The molecule has 0 aliphatic carbocycles. The summed E-state index contributed by atoms with van der Waals surface area (Å²) in [6.45, 7) is 9.02. The second kappa shape index (κ2) is 8.20. The second-order valence-electron chi connectivity index (χ2n) is 7.73. The maximum Gasteiger partial charge on any atom is 0.226 e. The van der Waals surface area contributed by atoms with Gasteiger partial charge in [0.2, 0.25) is 5.95 Å². The minimum Gasteiger partial charge on any atom is -0.398 e. The van der Waals surface area contributed by atoms with Gasteiger partial charge < -0.3 is 26.0 Å². The first-order chi connectivity index (χ1) is 13.7. The van der Waals surface area contributed by atoms with Crippen molar-refractivity contribution in [3.63, 3.8) is 0 Å². The van der Waals surface area contributed by atoms with Gasteiger partial charge in [0.25, 0.3) is 0 Å². The number of fused-ring (bicyclic) bond motifs is 1. The number of benzene rings is 1. The van der Waals surface area contributed by atoms with Crippen LogP contribution in [0.1, 0.15) is 33.3 Å². The molecule has 0 aliphatic rings. The standard InChI is InChI=1S/C20H28FN7O/c1-5-28-11-25-16-17(23-10-13-8-14(21)6-7-15(13)22)26-19(27-18(16)28)24-9-12(2)20(3,4)29/h6-8,11-12,29H,5,9-10,22H2,1-4H3,(H2,23,24,26,27). The molecule has 3 rings (SSSR count). The highest BCUT2D eigenvalue weighted by atomic mass is 19.1. The minimum atomic E-state index is -0.821. The summed E-state index contributed by atoms with van der Waals surface area (Å²) < 4.78 is 15.5. The van der Waals surface area contributed by atoms with Gasteiger partial charge in [-0.15, -0.1) is 0 Å². The number of rotatable bonds is 8. The van der Waals surface area contributed by atoms with E-state index in [-0.39, 0.29) is 11.7 Å². The van der Waals surface area contributed by atoms with Gasteiger partial charge >= 0.3 is 0 Å². The third-order valence-electron chi connectivity index (χ3n) is 5.13. The summed E-state index contributed by atoms with van der Waals surface area (Å²) in [4.78, 5) is 13.5. The third kappa shape index (κ3) is 4.73. The van der Waals surface area contributed by atoms with Crippen molar-refractivity contribution in [1.29, 1.82) is 0 Å². The number of aliphatic hydroxyl groups is 1. The van der Waals surface area contributed by atoms with E-state index in [9.17, 15) is 9.50 Å². The molecule has 0 radical (unpaired) electrons. The van der Waals surface area contributed by atoms with Crippen molar-refractivity contribution in [3.05, 3.63) is 35.9 Å². The molecular formula is C20H28FN7O. The number of hydrogen-bond donors (Lipinski definition) is 4. The summed E-state index contributed by atoms with van der Waals surface area (Å²) >= 11 is 0. The summed E-state index contributed by atoms with van der Waals surface area (Å²) in [7, 11) is 0. The lowest BCUT2D eigenvalue weighted by Gasteiger charge is -2.26. The number of nitrogen functional groups attached to an aromatic ring is 1. The highest BCUT2D eigenvalue weighted by molar-refractivity contribution is 5.84. The van der Waals surface area contributed by atoms with Gasteiger partial charge in [0, 0.05) is 31.2 Å². The SMILES string of the molecule is CCn1cnc2c(NCc3cc(F)ccc3N)nc(NCC(C)C(C)(C)O)nc21. The third-order valence-corrected chi connectivity index (χ3v) is 5.13. The van der Waals surface area contributed by atoms with Crippen LogP contribution in [-0.2, 0) is 13.1 Å². The molecule has 1 atom stereocenters. The molecule has 156 valence electrons. The highest BCUT2D eigenvalue weighted by Gasteiger charge is 2.22. The maximum absolute atomic E-state index is 13.6. The van der Waals surface area contributed by atoms with Crippen molar-refractivity contribution in [3.8, 4) is 0 Å². The molecule has 0 saturated carbocycles. The number of anilines is 3. The molecular weight excluding hydrogens is 373 g/mol. The van der Waals surface area contributed by atoms with Crippen LogP contribution in [0.5, 0.6) is 0 Å². The van der Waals surface area contributed by atoms with Gasteiger partial charge in [-0.25, -0.2) is 9.37 Å². The monoisotopic (exact) mass is 401 g/mol. The van der Waals surface area contributed by atoms with Crippen LogP contribution in [-0.4, -0.2) is 36.8 Å². The molecule has 0 bridgehead atoms. The van der Waals surface area contributed by atoms with Gasteiger partial charge in [-0.3, -0.25) is 0 Å². The summed E-state index contributed by atoms with van der Waals surface area (Å²) in [5.41, 5.74) is 7.58. The molecule has 1 unspecified atom stereocenters. The molecule has 8 nitrogen and oxygen atoms in total. The van der Waals surface area contributed by atoms with Crippen LogP contribution in [0.3, 0.4) is 0 Å². The van der Waals surface area contributed by atoms with Gasteiger partial charge in [0.15, 0.2) is 17.0 Å². The summed E-state index contributed by atoms with van der Waals surface area (Å²) in [6.07, 6.45) is 1.71. The average molecular weight is 401 g/mol. The highest BCUT2D eigenvalue weighted by Crippen LogP contribution is 2.23. The molecule has 0 amide bonds. The van der Waals surface area contributed by atoms with Gasteiger partial charge in [-0.1, -0.05) is 6.92 Å². The minimum absolute atomic E-state index is 0.0126. The molecule has 29 heavy (non-hydrogen) atoms. The summed E-state index contributed by atoms with van der Waals surface area (Å²) in [5.74, 6) is 0.603. The topological polar surface area (TPSA) is 114 Å². The van der Waals surface area contributed by atoms with Crippen molar-refractivity contribution in [2.45, 2.75) is 46.4 Å². The number of hydrogen-bond acceptors (Lipinski definition) is 7. The van der Waals surface area contributed by atoms with Crippen molar-refractivity contribution in [1.82, 2.24) is 19.5 Å². The zero-order valence-corrected chi connectivity index (χ0v) is 17.2. The van der Waals surface area contributed by atoms with Crippen molar-refractivity contribution >= 4 is 28.6 Å². The molecule has 2 heterocycles. The fourth-order valence-corrected chi connectivity index (χ4v) is 2.78. The number of aryl methyl sites for hydroxylation is 1. The van der Waals surface area contributed by atoms with Crippen LogP contribution in [0, 0.1) is 11.7 Å². The Balaban J connectivity index is 1.88. The Morgan fingerprint density at radius 1 is 1.28 bits per heavy atom. The lowest BCUT2D eigenvalue weighted by molar-refractivity contribution is 0.0303. The number of imidazole rings is 1. The zero-order valence-electron chi connectivity index (χ0n) is 17.2. The van der Waals surface area contributed by atoms with E-state index in [1.807, 2.05) is 18.4 Å². The van der Waals surface area contributed by atoms with Gasteiger partial charge in [0.05, 0.1) is 11.9 Å². The molecule has 9 heteroatoms. The summed E-state index contributed by atoms with van der Waals surface area (Å²) in [5, 5.41) is 16.5. The van der Waals surface area contributed by atoms with Gasteiger partial charge in [-0.2, -0.15) is 9.97 Å². The van der Waals surface area contributed by atoms with Crippen molar-refractivity contribution in [2.24, 2.45) is 5.92 Å². The maximum atomic E-state index is 13.6. The van der Waals surface area contributed by atoms with Gasteiger partial charge in [-0.05, 0) is 44.5 Å². The Hall–Kier alpha value is -2.94. The van der Waals surface area contributed by atoms with E-state index in [1.165, 1.54) is 12.1 Å². The summed E-state index contributed by atoms with van der Waals surface area (Å²) in [6, 6.07) is 4.27. The largest absolute Gasteiger partial charge is 0.398 e. The zero-order chi connectivity index (χ0) is 21.2. The Kier molecular flexibility index (Phi) is 5.88. The van der Waals surface area contributed by atoms with E-state index >= 15 is 0 Å². The number of nitrogens with two attached hydrogens (primary N) is 1. The van der Waals surface area contributed by atoms with Crippen molar-refractivity contribution < 1.29 is 9.50 Å². The Morgan fingerprint density at radius 3 is 2.72 bits per heavy atom. The quantitative estimate of drug-likeness (QED) is 0.429. The first-order valence-electron chi connectivity index (χ1n) is 9.66. The van der Waals surface area contributed by atoms with Gasteiger partial charge in [0.1, 0.15) is 5.82 Å². The number of nitrogens with one attached hydrogen (secondary N) is 2. The molecule has 0 saturated heterocycles. The fourth-order valence-electron chi connectivity index (χ4n) is 2.78. The first kappa shape index (κ1) is 20.8. The van der Waals surface area contributed by atoms with Crippen LogP contribution >= 0.6 is 0 Å². The van der Waals surface area contributed by atoms with E-state index < -0.39 is 5.60 Å². The molecule has 1 aromatic carbocycles. The Bertz CT molecular complexity index is 996. The molecule has 5 N–H and O–H groups in total. The number of nitrogens with zero attached hydrogens (tertiary/aromatic N) is 4. The second-order valence-corrected chi connectivity index (χ2v) is 7.73. The lowest BCUT2D eigenvalue weighted by Crippen LogP contribution is -2.33. The molecule has 0 spiro atoms. The Labute approximate surface area is 169 Å². The predicted octanol–water partition coefficient (Wildman–Crippen LogP) is 3.00. The van der Waals surface area contributed by atoms with E-state index in [4.69, 9.17) is 5.73 Å². The predicted molar refractivity (Wildman–Crippen MR) is 113 cm³/mol. The molecule has 0 fully saturated rings. The molecule has 3 aromatic rings. The molecule has 0 aliphatic heterocycles. The van der Waals surface area contributed by atoms with Crippen molar-refractivity contribution in [2.75, 3.05) is 22.9 Å². The number of aromatic nitrogens is 4. The number of halogens is 1. The van der Waals surface area contributed by atoms with Crippen LogP contribution in [0.15, 0.2) is 24.5 Å². The van der Waals surface area contributed by atoms with E-state index in [0.717, 1.165) is 0 Å². The van der Waals surface area contributed by atoms with E-state index in [0.29, 0.717) is 53.8 Å². The Morgan fingerprint density at radius 2 is 2.03 bits per heavy atom. The molecule has 2 aromatic heterocycles. The van der Waals surface area contributed by atoms with Crippen LogP contribution in [0.25, 0.3) is 11.2 Å². The average Bonchev–Trinajstić information content (AvgIpc) is 3.09. The normalized spacial score (nSPS) is 12.9. The lowest BCUT2D eigenvalue weighted by atomic mass is 9.93. The van der Waals surface area contributed by atoms with Crippen LogP contribution in [0.4, 0.5) is 21.8 Å². The van der Waals surface area contributed by atoms with E-state index in [2.05, 4.69) is 25.6 Å². The van der Waals surface area contributed by atoms with E-state index in [1.54, 1.807) is 26.2 Å². The first-order valence-corrected chi connectivity index (χ1v) is 9.66. The smallest absolute Gasteiger partial charge is 0.226 e. The van der Waals surface area contributed by atoms with Crippen LogP contribution < -0.4 is 16.4 Å². The van der Waals surface area contributed by atoms with Crippen LogP contribution in [0.2, 0.25) is 0 Å².